The van der Waals surface area contributed by atoms with Gasteiger partial charge in [-0.05, 0) is 50.4 Å². The lowest BCUT2D eigenvalue weighted by atomic mass is 9.95. The van der Waals surface area contributed by atoms with Gasteiger partial charge >= 0.3 is 6.01 Å². The van der Waals surface area contributed by atoms with Crippen LogP contribution in [0.4, 0.5) is 20.4 Å². The molecule has 270 valence electrons. The maximum atomic E-state index is 16.9. The molecule has 1 amide bonds. The summed E-state index contributed by atoms with van der Waals surface area (Å²) in [5.74, 6) is -0.382. The Bertz CT molecular complexity index is 2130. The molecule has 0 bridgehead atoms. The normalized spacial score (nSPS) is 25.2. The zero-order valence-corrected chi connectivity index (χ0v) is 29.6. The summed E-state index contributed by atoms with van der Waals surface area (Å²) in [6.07, 6.45) is 7.23. The van der Waals surface area contributed by atoms with Gasteiger partial charge in [0.15, 0.2) is 5.82 Å². The largest absolute Gasteiger partial charge is 0.461 e. The number of nitrogens with two attached hydrogens (primary N) is 1. The van der Waals surface area contributed by atoms with Crippen molar-refractivity contribution in [2.45, 2.75) is 55.9 Å². The van der Waals surface area contributed by atoms with E-state index in [4.69, 9.17) is 27.1 Å². The Hall–Kier alpha value is -4.71. The maximum absolute atomic E-state index is 16.9. The van der Waals surface area contributed by atoms with E-state index in [2.05, 4.69) is 30.8 Å². The number of anilines is 2. The lowest BCUT2D eigenvalue weighted by Gasteiger charge is -2.41. The number of likely N-dealkylation sites (tertiary alicyclic amines) is 1. The molecule has 0 radical (unpaired) electrons. The van der Waals surface area contributed by atoms with E-state index in [1.54, 1.807) is 29.2 Å². The van der Waals surface area contributed by atoms with Gasteiger partial charge in [-0.2, -0.15) is 15.2 Å². The lowest BCUT2D eigenvalue weighted by Crippen LogP contribution is -2.55. The van der Waals surface area contributed by atoms with Crippen LogP contribution in [0.15, 0.2) is 42.6 Å². The van der Waals surface area contributed by atoms with Crippen LogP contribution in [0, 0.1) is 17.1 Å². The number of likely N-dealkylation sites (N-methyl/N-ethyl adjacent to an activating group) is 1. The van der Waals surface area contributed by atoms with E-state index in [0.717, 1.165) is 32.4 Å². The zero-order valence-electron chi connectivity index (χ0n) is 28.8. The maximum Gasteiger partial charge on any atom is 0.319 e. The highest BCUT2D eigenvalue weighted by atomic mass is 35.5. The summed E-state index contributed by atoms with van der Waals surface area (Å²) in [6, 6.07) is 8.89. The molecule has 12 nitrogen and oxygen atoms in total. The molecule has 3 aromatic heterocycles. The molecule has 52 heavy (non-hydrogen) atoms. The van der Waals surface area contributed by atoms with Crippen molar-refractivity contribution >= 4 is 50.8 Å². The molecule has 4 aliphatic heterocycles. The first-order chi connectivity index (χ1) is 25.1. The summed E-state index contributed by atoms with van der Waals surface area (Å²) in [5, 5.41) is 11.6. The SMILES string of the molecule is CN1CCC1/C=C/C(=O)N1CCN(c2nc(OC[C@@]34CCCN3C[C@H](F)C4)nc3c(F)c(-c4nc(N)cc5cccc(Cl)c45)ncc23)C[C@@H]1CC#N. The second kappa shape index (κ2) is 13.7. The van der Waals surface area contributed by atoms with Crippen LogP contribution in [0.3, 0.4) is 0 Å². The fourth-order valence-corrected chi connectivity index (χ4v) is 8.56. The van der Waals surface area contributed by atoms with Gasteiger partial charge in [-0.15, -0.1) is 0 Å². The number of carbonyl (C=O) groups is 1. The van der Waals surface area contributed by atoms with E-state index in [9.17, 15) is 14.4 Å². The average Bonchev–Trinajstić information content (AvgIpc) is 3.65. The van der Waals surface area contributed by atoms with Crippen molar-refractivity contribution in [2.24, 2.45) is 0 Å². The third kappa shape index (κ3) is 6.14. The van der Waals surface area contributed by atoms with Crippen molar-refractivity contribution in [1.29, 1.82) is 5.26 Å². The first kappa shape index (κ1) is 34.4. The fourth-order valence-electron chi connectivity index (χ4n) is 8.29. The monoisotopic (exact) mass is 728 g/mol. The number of nitrogen functional groups attached to an aromatic ring is 1. The molecular weight excluding hydrogens is 690 g/mol. The van der Waals surface area contributed by atoms with Crippen molar-refractivity contribution in [3.63, 3.8) is 0 Å². The molecule has 0 spiro atoms. The molecule has 4 atom stereocenters. The van der Waals surface area contributed by atoms with Gasteiger partial charge in [0.25, 0.3) is 0 Å². The molecule has 0 aliphatic carbocycles. The number of aromatic nitrogens is 4. The van der Waals surface area contributed by atoms with E-state index in [1.807, 2.05) is 24.1 Å². The Balaban J connectivity index is 1.18. The number of nitriles is 1. The van der Waals surface area contributed by atoms with Crippen LogP contribution in [0.25, 0.3) is 33.1 Å². The molecule has 4 aromatic rings. The number of ether oxygens (including phenoxy) is 1. The van der Waals surface area contributed by atoms with Crippen LogP contribution in [-0.2, 0) is 4.79 Å². The van der Waals surface area contributed by atoms with Gasteiger partial charge in [0, 0.05) is 62.8 Å². The molecular formula is C37H39ClF2N10O2. The van der Waals surface area contributed by atoms with E-state index in [1.165, 1.54) is 6.20 Å². The van der Waals surface area contributed by atoms with Crippen molar-refractivity contribution in [3.8, 4) is 23.5 Å². The third-order valence-electron chi connectivity index (χ3n) is 11.1. The second-order valence-electron chi connectivity index (χ2n) is 14.3. The van der Waals surface area contributed by atoms with Crippen LogP contribution in [0.2, 0.25) is 5.02 Å². The molecule has 4 saturated heterocycles. The Kier molecular flexibility index (Phi) is 9.05. The van der Waals surface area contributed by atoms with Gasteiger partial charge in [-0.1, -0.05) is 29.8 Å². The zero-order chi connectivity index (χ0) is 36.1. The predicted molar refractivity (Wildman–Crippen MR) is 194 cm³/mol. The number of piperazine rings is 1. The Morgan fingerprint density at radius 2 is 2.06 bits per heavy atom. The minimum atomic E-state index is -0.948. The van der Waals surface area contributed by atoms with Gasteiger partial charge in [0.1, 0.15) is 41.3 Å². The van der Waals surface area contributed by atoms with Crippen molar-refractivity contribution in [3.05, 3.63) is 53.5 Å². The van der Waals surface area contributed by atoms with Gasteiger partial charge in [0.2, 0.25) is 5.91 Å². The first-order valence-corrected chi connectivity index (χ1v) is 18.1. The highest BCUT2D eigenvalue weighted by Gasteiger charge is 2.49. The fraction of sp³-hybridized carbons (Fsp3) is 0.459. The van der Waals surface area contributed by atoms with Gasteiger partial charge in [0.05, 0.1) is 34.5 Å². The predicted octanol–water partition coefficient (Wildman–Crippen LogP) is 4.76. The summed E-state index contributed by atoms with van der Waals surface area (Å²) >= 11 is 6.60. The molecule has 1 aromatic carbocycles. The number of halogens is 3. The summed E-state index contributed by atoms with van der Waals surface area (Å²) in [7, 11) is 2.02. The summed E-state index contributed by atoms with van der Waals surface area (Å²) in [5.41, 5.74) is 5.70. The molecule has 15 heteroatoms. The van der Waals surface area contributed by atoms with Crippen LogP contribution >= 0.6 is 11.6 Å². The Morgan fingerprint density at radius 1 is 1.19 bits per heavy atom. The number of pyridine rings is 2. The van der Waals surface area contributed by atoms with Crippen molar-refractivity contribution in [2.75, 3.05) is 63.6 Å². The van der Waals surface area contributed by atoms with E-state index < -0.39 is 23.6 Å². The third-order valence-corrected chi connectivity index (χ3v) is 11.4. The van der Waals surface area contributed by atoms with Crippen LogP contribution in [-0.4, -0.2) is 117 Å². The molecule has 4 aliphatic rings. The standard InChI is InChI=1S/C37H39ClF2N10O2/c1-47-13-9-24(47)6-7-29(51)50-15-14-48(20-25(50)8-11-41)35-26-18-43-34(33-30-22(16-28(42)44-33)4-2-5-27(30)38)31(40)32(26)45-36(46-35)52-21-37-10-3-12-49(37)19-23(39)17-37/h2,4-7,16,18,23-25H,3,8-10,12-15,17,19-21H2,1H3,(H2,42,44)/b7-6+/t23-,24?,25+,37+/m1/s1. The van der Waals surface area contributed by atoms with Crippen LogP contribution < -0.4 is 15.4 Å². The molecule has 0 saturated carbocycles. The number of carbonyl (C=O) groups excluding carboxylic acids is 1. The molecule has 2 N–H and O–H groups in total. The number of amides is 1. The number of hydrogen-bond acceptors (Lipinski definition) is 11. The summed E-state index contributed by atoms with van der Waals surface area (Å²) < 4.78 is 37.8. The van der Waals surface area contributed by atoms with E-state index in [0.29, 0.717) is 53.1 Å². The quantitative estimate of drug-likeness (QED) is 0.251. The van der Waals surface area contributed by atoms with Crippen molar-refractivity contribution in [1.82, 2.24) is 34.6 Å². The average molecular weight is 729 g/mol. The molecule has 4 fully saturated rings. The molecule has 7 heterocycles. The number of hydrogen-bond donors (Lipinski definition) is 1. The topological polar surface area (TPSA) is 141 Å². The Labute approximate surface area is 304 Å². The highest BCUT2D eigenvalue weighted by Crippen LogP contribution is 2.41. The van der Waals surface area contributed by atoms with Crippen LogP contribution in [0.5, 0.6) is 6.01 Å². The van der Waals surface area contributed by atoms with Crippen molar-refractivity contribution < 1.29 is 18.3 Å². The molecule has 8 rings (SSSR count). The van der Waals surface area contributed by atoms with Crippen LogP contribution in [0.1, 0.15) is 32.1 Å². The van der Waals surface area contributed by atoms with Gasteiger partial charge in [-0.25, -0.2) is 13.8 Å². The number of rotatable bonds is 8. The number of alkyl halides is 1. The van der Waals surface area contributed by atoms with Gasteiger partial charge < -0.3 is 20.3 Å². The first-order valence-electron chi connectivity index (χ1n) is 17.7. The van der Waals surface area contributed by atoms with Gasteiger partial charge in [-0.3, -0.25) is 19.6 Å². The Morgan fingerprint density at radius 3 is 2.85 bits per heavy atom. The lowest BCUT2D eigenvalue weighted by molar-refractivity contribution is -0.128. The minimum absolute atomic E-state index is 0.0483. The molecule has 1 unspecified atom stereocenters. The minimum Gasteiger partial charge on any atom is -0.461 e. The number of benzene rings is 1. The van der Waals surface area contributed by atoms with E-state index >= 15 is 4.39 Å². The number of fused-ring (bicyclic) bond motifs is 3. The highest BCUT2D eigenvalue weighted by molar-refractivity contribution is 6.36. The van der Waals surface area contributed by atoms with E-state index in [-0.39, 0.29) is 60.3 Å². The smallest absolute Gasteiger partial charge is 0.319 e. The second-order valence-corrected chi connectivity index (χ2v) is 14.7. The summed E-state index contributed by atoms with van der Waals surface area (Å²) in [4.78, 5) is 39.7. The number of nitrogens with zero attached hydrogens (tertiary/aromatic N) is 9. The summed E-state index contributed by atoms with van der Waals surface area (Å²) in [6.45, 7) is 3.23.